The van der Waals surface area contributed by atoms with E-state index in [1.165, 1.54) is 6.20 Å². The average molecular weight is 259 g/mol. The zero-order valence-corrected chi connectivity index (χ0v) is 11.3. The zero-order valence-electron chi connectivity index (χ0n) is 11.3. The summed E-state index contributed by atoms with van der Waals surface area (Å²) in [7, 11) is 1.59. The molecule has 0 bridgehead atoms. The van der Waals surface area contributed by atoms with Crippen LogP contribution in [0.3, 0.4) is 0 Å². The Kier molecular flexibility index (Phi) is 3.50. The van der Waals surface area contributed by atoms with Gasteiger partial charge in [-0.15, -0.1) is 0 Å². The van der Waals surface area contributed by atoms with Crippen LogP contribution < -0.4 is 11.1 Å². The molecule has 0 saturated heterocycles. The fourth-order valence-electron chi connectivity index (χ4n) is 1.88. The van der Waals surface area contributed by atoms with Crippen LogP contribution in [0.5, 0.6) is 0 Å². The normalized spacial score (nSPS) is 10.5. The zero-order chi connectivity index (χ0) is 14.0. The van der Waals surface area contributed by atoms with Crippen molar-refractivity contribution in [3.63, 3.8) is 0 Å². The number of nitrogens with one attached hydrogen (secondary N) is 1. The Balaban J connectivity index is 2.28. The maximum absolute atomic E-state index is 11.5. The summed E-state index contributed by atoms with van der Waals surface area (Å²) in [6.07, 6.45) is 3.26. The van der Waals surface area contributed by atoms with Gasteiger partial charge in [-0.1, -0.05) is 0 Å². The van der Waals surface area contributed by atoms with E-state index in [9.17, 15) is 4.79 Å². The van der Waals surface area contributed by atoms with Gasteiger partial charge < -0.3 is 11.1 Å². The largest absolute Gasteiger partial charge is 0.396 e. The summed E-state index contributed by atoms with van der Waals surface area (Å²) in [6.45, 7) is 4.34. The predicted octanol–water partition coefficient (Wildman–Crippen LogP) is 0.885. The summed E-state index contributed by atoms with van der Waals surface area (Å²) < 4.78 is 1.81. The number of nitrogen functional groups attached to an aromatic ring is 1. The Morgan fingerprint density at radius 3 is 2.74 bits per heavy atom. The number of carbonyl (C=O) groups is 1. The molecule has 6 heteroatoms. The molecular weight excluding hydrogens is 242 g/mol. The highest BCUT2D eigenvalue weighted by atomic mass is 16.1. The predicted molar refractivity (Wildman–Crippen MR) is 72.8 cm³/mol. The van der Waals surface area contributed by atoms with E-state index in [2.05, 4.69) is 15.4 Å². The Labute approximate surface area is 111 Å². The van der Waals surface area contributed by atoms with Gasteiger partial charge in [-0.2, -0.15) is 5.10 Å². The number of hydrogen-bond donors (Lipinski definition) is 2. The van der Waals surface area contributed by atoms with E-state index < -0.39 is 0 Å². The molecule has 1 amide bonds. The van der Waals surface area contributed by atoms with E-state index in [1.807, 2.05) is 18.5 Å². The maximum Gasteiger partial charge on any atom is 0.252 e. The number of rotatable bonds is 3. The van der Waals surface area contributed by atoms with Crippen LogP contribution in [-0.2, 0) is 6.54 Å². The van der Waals surface area contributed by atoms with Crippen LogP contribution in [-0.4, -0.2) is 27.7 Å². The number of anilines is 1. The summed E-state index contributed by atoms with van der Waals surface area (Å²) >= 11 is 0. The molecule has 0 aliphatic carbocycles. The van der Waals surface area contributed by atoms with Crippen molar-refractivity contribution in [2.45, 2.75) is 20.4 Å². The minimum atomic E-state index is -0.151. The van der Waals surface area contributed by atoms with E-state index >= 15 is 0 Å². The van der Waals surface area contributed by atoms with E-state index in [-0.39, 0.29) is 5.91 Å². The lowest BCUT2D eigenvalue weighted by Crippen LogP contribution is -2.18. The first-order valence-corrected chi connectivity index (χ1v) is 5.98. The van der Waals surface area contributed by atoms with Crippen molar-refractivity contribution >= 4 is 11.6 Å². The molecule has 0 aromatic carbocycles. The lowest BCUT2D eigenvalue weighted by molar-refractivity contribution is 0.0962. The van der Waals surface area contributed by atoms with Crippen LogP contribution in [0, 0.1) is 13.8 Å². The number of pyridine rings is 1. The molecule has 2 heterocycles. The standard InChI is InChI=1S/C13H17N5O/c1-8-12(14)9(2)18(17-8)7-10-4-11(6-16-5-10)13(19)15-3/h4-6H,7,14H2,1-3H3,(H,15,19). The minimum Gasteiger partial charge on any atom is -0.396 e. The summed E-state index contributed by atoms with van der Waals surface area (Å²) in [6, 6.07) is 1.80. The second-order valence-corrected chi connectivity index (χ2v) is 4.40. The highest BCUT2D eigenvalue weighted by Crippen LogP contribution is 2.16. The van der Waals surface area contributed by atoms with Crippen molar-refractivity contribution in [3.8, 4) is 0 Å². The number of amides is 1. The molecule has 0 aliphatic rings. The number of aromatic nitrogens is 3. The van der Waals surface area contributed by atoms with Gasteiger partial charge in [0.15, 0.2) is 0 Å². The van der Waals surface area contributed by atoms with Crippen molar-refractivity contribution in [1.29, 1.82) is 0 Å². The Morgan fingerprint density at radius 2 is 2.16 bits per heavy atom. The van der Waals surface area contributed by atoms with Crippen LogP contribution in [0.4, 0.5) is 5.69 Å². The van der Waals surface area contributed by atoms with Gasteiger partial charge in [0.2, 0.25) is 0 Å². The molecule has 0 unspecified atom stereocenters. The quantitative estimate of drug-likeness (QED) is 0.857. The number of aryl methyl sites for hydroxylation is 1. The van der Waals surface area contributed by atoms with Crippen LogP contribution in [0.15, 0.2) is 18.5 Å². The fraction of sp³-hybridized carbons (Fsp3) is 0.308. The summed E-state index contributed by atoms with van der Waals surface area (Å²) in [4.78, 5) is 15.6. The third-order valence-electron chi connectivity index (χ3n) is 3.05. The Hall–Kier alpha value is -2.37. The van der Waals surface area contributed by atoms with Crippen molar-refractivity contribution in [2.24, 2.45) is 0 Å². The third-order valence-corrected chi connectivity index (χ3v) is 3.05. The van der Waals surface area contributed by atoms with E-state index in [1.54, 1.807) is 19.3 Å². The molecule has 2 aromatic rings. The second-order valence-electron chi connectivity index (χ2n) is 4.40. The maximum atomic E-state index is 11.5. The second kappa shape index (κ2) is 5.09. The van der Waals surface area contributed by atoms with Gasteiger partial charge >= 0.3 is 0 Å². The van der Waals surface area contributed by atoms with Crippen LogP contribution >= 0.6 is 0 Å². The van der Waals surface area contributed by atoms with Crippen LogP contribution in [0.25, 0.3) is 0 Å². The van der Waals surface area contributed by atoms with E-state index in [0.717, 1.165) is 17.0 Å². The van der Waals surface area contributed by atoms with E-state index in [0.29, 0.717) is 17.8 Å². The topological polar surface area (TPSA) is 85.8 Å². The van der Waals surface area contributed by atoms with Crippen LogP contribution in [0.1, 0.15) is 27.3 Å². The lowest BCUT2D eigenvalue weighted by atomic mass is 10.2. The van der Waals surface area contributed by atoms with Gasteiger partial charge in [0.05, 0.1) is 29.2 Å². The molecule has 100 valence electrons. The van der Waals surface area contributed by atoms with Gasteiger partial charge in [0.25, 0.3) is 5.91 Å². The van der Waals surface area contributed by atoms with Crippen molar-refractivity contribution in [2.75, 3.05) is 12.8 Å². The molecule has 6 nitrogen and oxygen atoms in total. The summed E-state index contributed by atoms with van der Waals surface area (Å²) in [5.41, 5.74) is 9.77. The van der Waals surface area contributed by atoms with Gasteiger partial charge in [-0.25, -0.2) is 0 Å². The lowest BCUT2D eigenvalue weighted by Gasteiger charge is -2.06. The molecular formula is C13H17N5O. The van der Waals surface area contributed by atoms with Crippen molar-refractivity contribution in [1.82, 2.24) is 20.1 Å². The highest BCUT2D eigenvalue weighted by molar-refractivity contribution is 5.93. The Morgan fingerprint density at radius 1 is 1.42 bits per heavy atom. The highest BCUT2D eigenvalue weighted by Gasteiger charge is 2.10. The summed E-state index contributed by atoms with van der Waals surface area (Å²) in [5, 5.41) is 6.94. The molecule has 3 N–H and O–H groups in total. The van der Waals surface area contributed by atoms with E-state index in [4.69, 9.17) is 5.73 Å². The van der Waals surface area contributed by atoms with Gasteiger partial charge in [0.1, 0.15) is 0 Å². The number of nitrogens with zero attached hydrogens (tertiary/aromatic N) is 3. The molecule has 19 heavy (non-hydrogen) atoms. The molecule has 0 saturated carbocycles. The number of carbonyl (C=O) groups excluding carboxylic acids is 1. The monoisotopic (exact) mass is 259 g/mol. The van der Waals surface area contributed by atoms with Crippen molar-refractivity contribution < 1.29 is 4.79 Å². The molecule has 0 spiro atoms. The van der Waals surface area contributed by atoms with Crippen molar-refractivity contribution in [3.05, 3.63) is 41.0 Å². The third kappa shape index (κ3) is 2.57. The fourth-order valence-corrected chi connectivity index (χ4v) is 1.88. The molecule has 0 fully saturated rings. The van der Waals surface area contributed by atoms with Gasteiger partial charge in [-0.3, -0.25) is 14.5 Å². The van der Waals surface area contributed by atoms with Gasteiger partial charge in [-0.05, 0) is 25.5 Å². The summed E-state index contributed by atoms with van der Waals surface area (Å²) in [5.74, 6) is -0.151. The van der Waals surface area contributed by atoms with Crippen LogP contribution in [0.2, 0.25) is 0 Å². The average Bonchev–Trinajstić information content (AvgIpc) is 2.66. The first-order chi connectivity index (χ1) is 9.02. The first-order valence-electron chi connectivity index (χ1n) is 5.98. The molecule has 0 aliphatic heterocycles. The molecule has 2 rings (SSSR count). The molecule has 0 atom stereocenters. The molecule has 2 aromatic heterocycles. The van der Waals surface area contributed by atoms with Gasteiger partial charge in [0, 0.05) is 19.4 Å². The Bertz CT molecular complexity index is 617. The smallest absolute Gasteiger partial charge is 0.252 e. The SMILES string of the molecule is CNC(=O)c1cncc(Cn2nc(C)c(N)c2C)c1. The number of hydrogen-bond acceptors (Lipinski definition) is 4. The molecule has 0 radical (unpaired) electrons. The first kappa shape index (κ1) is 13.1. The minimum absolute atomic E-state index is 0.151. The number of nitrogens with two attached hydrogens (primary N) is 1.